The van der Waals surface area contributed by atoms with Crippen LogP contribution in [0, 0.1) is 40.3 Å². The number of benzene rings is 2. The maximum Gasteiger partial charge on any atom is 0.223 e. The highest BCUT2D eigenvalue weighted by atomic mass is 19.1. The first kappa shape index (κ1) is 29.3. The fourth-order valence-corrected chi connectivity index (χ4v) is 9.97. The van der Waals surface area contributed by atoms with Gasteiger partial charge in [-0.25, -0.2) is 13.8 Å². The second kappa shape index (κ2) is 11.0. The molecule has 2 aromatic carbocycles. The Balaban J connectivity index is 0.975. The molecule has 0 bridgehead atoms. The smallest absolute Gasteiger partial charge is 0.223 e. The van der Waals surface area contributed by atoms with Gasteiger partial charge in [-0.1, -0.05) is 55.0 Å². The number of nitrogens with one attached hydrogen (secondary N) is 1. The van der Waals surface area contributed by atoms with E-state index in [9.17, 15) is 14.3 Å². The van der Waals surface area contributed by atoms with Crippen molar-refractivity contribution in [3.8, 4) is 5.69 Å². The zero-order valence-electron chi connectivity index (χ0n) is 26.4. The molecule has 7 atom stereocenters. The van der Waals surface area contributed by atoms with Gasteiger partial charge in [-0.3, -0.25) is 4.79 Å². The number of amides is 1. The van der Waals surface area contributed by atoms with Crippen molar-refractivity contribution in [1.82, 2.24) is 30.1 Å². The number of hydrogen-bond acceptors (Lipinski definition) is 5. The van der Waals surface area contributed by atoms with Crippen molar-refractivity contribution in [1.29, 1.82) is 0 Å². The van der Waals surface area contributed by atoms with E-state index in [0.717, 1.165) is 54.7 Å². The Morgan fingerprint density at radius 2 is 1.89 bits per heavy atom. The molecular formula is C37H41FN6O2. The summed E-state index contributed by atoms with van der Waals surface area (Å²) in [7, 11) is 0. The standard InChI is InChI=1S/C37H41FN6O2/c1-36-17-24-19-40-44(28-11-9-26(38)10-12-28)32(24)16-25(36)8-13-29-30-14-15-31(37(30,2)18-33(45)34(29)36)35(46)39-20-27-22-43(42-41-27)21-23-6-4-3-5-7-23/h3-7,9-12,16,19,22,29-31,33-34,45H,8,13-15,17-18,20-21H2,1-2H3,(H,39,46). The van der Waals surface area contributed by atoms with Crippen molar-refractivity contribution < 1.29 is 14.3 Å². The molecule has 46 heavy (non-hydrogen) atoms. The Hall–Kier alpha value is -4.11. The quantitative estimate of drug-likeness (QED) is 0.287. The second-order valence-corrected chi connectivity index (χ2v) is 14.6. The van der Waals surface area contributed by atoms with E-state index in [1.807, 2.05) is 35.3 Å². The number of halogens is 1. The maximum absolute atomic E-state index is 13.7. The summed E-state index contributed by atoms with van der Waals surface area (Å²) in [6, 6.07) is 16.6. The lowest BCUT2D eigenvalue weighted by atomic mass is 9.46. The van der Waals surface area contributed by atoms with Gasteiger partial charge in [0.2, 0.25) is 5.91 Å². The molecule has 0 spiro atoms. The molecule has 0 saturated heterocycles. The molecule has 3 saturated carbocycles. The van der Waals surface area contributed by atoms with Gasteiger partial charge in [-0.15, -0.1) is 5.10 Å². The van der Waals surface area contributed by atoms with Crippen LogP contribution in [0.25, 0.3) is 11.8 Å². The predicted octanol–water partition coefficient (Wildman–Crippen LogP) is 5.74. The summed E-state index contributed by atoms with van der Waals surface area (Å²) in [6.45, 7) is 5.58. The van der Waals surface area contributed by atoms with Crippen LogP contribution in [0.4, 0.5) is 4.39 Å². The minimum absolute atomic E-state index is 0.0615. The molecule has 238 valence electrons. The first-order valence-electron chi connectivity index (χ1n) is 16.7. The molecule has 4 aliphatic carbocycles. The van der Waals surface area contributed by atoms with E-state index < -0.39 is 6.10 Å². The first-order valence-corrected chi connectivity index (χ1v) is 16.7. The molecule has 2 N–H and O–H groups in total. The number of aliphatic hydroxyl groups is 1. The molecule has 2 aromatic heterocycles. The lowest BCUT2D eigenvalue weighted by Gasteiger charge is -2.59. The summed E-state index contributed by atoms with van der Waals surface area (Å²) >= 11 is 0. The zero-order chi connectivity index (χ0) is 31.6. The topological polar surface area (TPSA) is 97.9 Å². The van der Waals surface area contributed by atoms with Crippen molar-refractivity contribution in [2.24, 2.45) is 34.5 Å². The van der Waals surface area contributed by atoms with Crippen LogP contribution in [0.3, 0.4) is 0 Å². The van der Waals surface area contributed by atoms with Crippen LogP contribution in [0.1, 0.15) is 68.5 Å². The van der Waals surface area contributed by atoms with Crippen molar-refractivity contribution in [3.05, 3.63) is 101 Å². The van der Waals surface area contributed by atoms with Crippen LogP contribution in [-0.4, -0.2) is 41.9 Å². The molecule has 4 aromatic rings. The van der Waals surface area contributed by atoms with E-state index in [4.69, 9.17) is 5.10 Å². The van der Waals surface area contributed by atoms with E-state index in [1.165, 1.54) is 23.3 Å². The lowest BCUT2D eigenvalue weighted by molar-refractivity contribution is -0.143. The Bertz CT molecular complexity index is 1800. The van der Waals surface area contributed by atoms with Gasteiger partial charge in [0, 0.05) is 5.92 Å². The molecule has 1 amide bonds. The molecule has 8 nitrogen and oxygen atoms in total. The maximum atomic E-state index is 13.7. The van der Waals surface area contributed by atoms with Gasteiger partial charge in [-0.05, 0) is 109 Å². The van der Waals surface area contributed by atoms with Crippen LogP contribution >= 0.6 is 0 Å². The fraction of sp³-hybridized carbons (Fsp3) is 0.459. The summed E-state index contributed by atoms with van der Waals surface area (Å²) in [4.78, 5) is 13.7. The monoisotopic (exact) mass is 620 g/mol. The van der Waals surface area contributed by atoms with Gasteiger partial charge in [0.25, 0.3) is 0 Å². The van der Waals surface area contributed by atoms with Crippen LogP contribution < -0.4 is 5.32 Å². The van der Waals surface area contributed by atoms with Gasteiger partial charge in [0.15, 0.2) is 0 Å². The van der Waals surface area contributed by atoms with Gasteiger partial charge in [-0.2, -0.15) is 5.10 Å². The minimum atomic E-state index is -0.486. The van der Waals surface area contributed by atoms with Gasteiger partial charge < -0.3 is 10.4 Å². The van der Waals surface area contributed by atoms with Crippen molar-refractivity contribution in [2.75, 3.05) is 0 Å². The normalized spacial score (nSPS) is 31.3. The highest BCUT2D eigenvalue weighted by molar-refractivity contribution is 5.80. The minimum Gasteiger partial charge on any atom is -0.393 e. The SMILES string of the molecule is CC12Cc3cnn(-c4ccc(F)cc4)c3C=C1CCC1C2C(O)CC2(C)C(C(=O)NCc3cn(Cc4ccccc4)nn3)CCC12. The number of hydrogen-bond donors (Lipinski definition) is 2. The van der Waals surface area contributed by atoms with E-state index in [1.54, 1.807) is 16.8 Å². The van der Waals surface area contributed by atoms with Crippen LogP contribution in [0.5, 0.6) is 0 Å². The fourth-order valence-electron chi connectivity index (χ4n) is 9.97. The summed E-state index contributed by atoms with van der Waals surface area (Å²) in [5.41, 5.74) is 5.92. The first-order chi connectivity index (χ1) is 22.2. The van der Waals surface area contributed by atoms with Crippen molar-refractivity contribution >= 4 is 12.0 Å². The van der Waals surface area contributed by atoms with E-state index in [2.05, 4.69) is 47.7 Å². The number of nitrogens with zero attached hydrogens (tertiary/aromatic N) is 5. The summed E-state index contributed by atoms with van der Waals surface area (Å²) in [5.74, 6) is 0.553. The predicted molar refractivity (Wildman–Crippen MR) is 172 cm³/mol. The number of carbonyl (C=O) groups excluding carboxylic acids is 1. The molecule has 4 aliphatic rings. The average Bonchev–Trinajstić information content (AvgIpc) is 3.75. The second-order valence-electron chi connectivity index (χ2n) is 14.6. The zero-order valence-corrected chi connectivity index (χ0v) is 26.4. The number of rotatable bonds is 6. The van der Waals surface area contributed by atoms with Crippen molar-refractivity contribution in [2.45, 2.75) is 71.6 Å². The number of carbonyl (C=O) groups is 1. The average molecular weight is 621 g/mol. The number of allylic oxidation sites excluding steroid dienone is 1. The Morgan fingerprint density at radius 3 is 2.70 bits per heavy atom. The van der Waals surface area contributed by atoms with E-state index in [0.29, 0.717) is 31.3 Å². The Morgan fingerprint density at radius 1 is 1.09 bits per heavy atom. The highest BCUT2D eigenvalue weighted by Crippen LogP contribution is 2.66. The summed E-state index contributed by atoms with van der Waals surface area (Å²) in [5, 5.41) is 28.4. The van der Waals surface area contributed by atoms with Crippen LogP contribution in [-0.2, 0) is 24.3 Å². The number of aromatic nitrogens is 5. The van der Waals surface area contributed by atoms with Gasteiger partial charge >= 0.3 is 0 Å². The Kier molecular flexibility index (Phi) is 7.01. The highest BCUT2D eigenvalue weighted by Gasteiger charge is 2.63. The lowest BCUT2D eigenvalue weighted by Crippen LogP contribution is -2.57. The molecule has 3 fully saturated rings. The van der Waals surface area contributed by atoms with E-state index in [-0.39, 0.29) is 34.4 Å². The van der Waals surface area contributed by atoms with Crippen LogP contribution in [0.15, 0.2) is 72.6 Å². The molecular weight excluding hydrogens is 579 g/mol. The number of fused-ring (bicyclic) bond motifs is 6. The molecule has 8 rings (SSSR count). The van der Waals surface area contributed by atoms with Gasteiger partial charge in [0.05, 0.1) is 43.0 Å². The largest absolute Gasteiger partial charge is 0.393 e. The third-order valence-corrected chi connectivity index (χ3v) is 12.0. The summed E-state index contributed by atoms with van der Waals surface area (Å²) in [6.07, 6.45) is 10.9. The molecule has 0 radical (unpaired) electrons. The summed E-state index contributed by atoms with van der Waals surface area (Å²) < 4.78 is 17.3. The molecule has 9 heteroatoms. The third-order valence-electron chi connectivity index (χ3n) is 12.0. The molecule has 7 unspecified atom stereocenters. The molecule has 0 aliphatic heterocycles. The Labute approximate surface area is 268 Å². The number of aliphatic hydroxyl groups excluding tert-OH is 1. The van der Waals surface area contributed by atoms with Crippen LogP contribution in [0.2, 0.25) is 0 Å². The van der Waals surface area contributed by atoms with Crippen molar-refractivity contribution in [3.63, 3.8) is 0 Å². The van der Waals surface area contributed by atoms with Gasteiger partial charge in [0.1, 0.15) is 11.5 Å². The third kappa shape index (κ3) is 4.73. The van der Waals surface area contributed by atoms with E-state index >= 15 is 0 Å². The molecule has 2 heterocycles.